The zero-order chi connectivity index (χ0) is 17.2. The molecule has 2 aliphatic rings. The minimum atomic E-state index is 0.215. The van der Waals surface area contributed by atoms with Crippen LogP contribution in [0.3, 0.4) is 0 Å². The molecule has 0 bridgehead atoms. The van der Waals surface area contributed by atoms with E-state index in [1.165, 1.54) is 32.1 Å². The molecular weight excluding hydrogens is 312 g/mol. The number of amides is 1. The molecule has 4 heteroatoms. The zero-order valence-corrected chi connectivity index (χ0v) is 14.9. The minimum absolute atomic E-state index is 0.215. The molecule has 1 aliphatic carbocycles. The van der Waals surface area contributed by atoms with Gasteiger partial charge in [-0.2, -0.15) is 0 Å². The van der Waals surface area contributed by atoms with Crippen molar-refractivity contribution >= 4 is 5.91 Å². The van der Waals surface area contributed by atoms with Gasteiger partial charge in [0.2, 0.25) is 11.8 Å². The van der Waals surface area contributed by atoms with Gasteiger partial charge in [0.15, 0.2) is 0 Å². The van der Waals surface area contributed by atoms with Crippen molar-refractivity contribution in [3.63, 3.8) is 0 Å². The molecule has 2 aromatic rings. The Bertz CT molecular complexity index is 736. The molecule has 1 aromatic carbocycles. The minimum Gasteiger partial charge on any atom is -0.441 e. The average molecular weight is 338 g/mol. The van der Waals surface area contributed by atoms with Gasteiger partial charge in [0.1, 0.15) is 5.76 Å². The summed E-state index contributed by atoms with van der Waals surface area (Å²) in [7, 11) is 0. The Balaban J connectivity index is 1.50. The predicted octanol–water partition coefficient (Wildman–Crippen LogP) is 4.37. The van der Waals surface area contributed by atoms with E-state index in [2.05, 4.69) is 9.88 Å². The molecule has 4 nitrogen and oxygen atoms in total. The third-order valence-corrected chi connectivity index (χ3v) is 5.80. The second kappa shape index (κ2) is 7.03. The van der Waals surface area contributed by atoms with E-state index >= 15 is 0 Å². The van der Waals surface area contributed by atoms with Crippen molar-refractivity contribution < 1.29 is 9.21 Å². The van der Waals surface area contributed by atoms with Gasteiger partial charge in [0.25, 0.3) is 0 Å². The van der Waals surface area contributed by atoms with Crippen molar-refractivity contribution in [1.82, 2.24) is 9.88 Å². The van der Waals surface area contributed by atoms with Gasteiger partial charge >= 0.3 is 0 Å². The summed E-state index contributed by atoms with van der Waals surface area (Å²) in [5.41, 5.74) is 1.73. The number of piperidine rings is 1. The highest BCUT2D eigenvalue weighted by Gasteiger charge is 2.35. The average Bonchev–Trinajstić information content (AvgIpc) is 3.02. The molecular formula is C21H26N2O2. The van der Waals surface area contributed by atoms with Gasteiger partial charge in [-0.1, -0.05) is 31.0 Å². The molecule has 132 valence electrons. The normalized spacial score (nSPS) is 23.3. The first-order chi connectivity index (χ1) is 12.2. The van der Waals surface area contributed by atoms with Crippen LogP contribution >= 0.6 is 0 Å². The van der Waals surface area contributed by atoms with Crippen LogP contribution in [0.15, 0.2) is 34.7 Å². The first-order valence-electron chi connectivity index (χ1n) is 9.53. The lowest BCUT2D eigenvalue weighted by atomic mass is 9.78. The van der Waals surface area contributed by atoms with E-state index < -0.39 is 0 Å². The molecule has 1 aliphatic heterocycles. The molecule has 0 N–H and O–H groups in total. The molecule has 1 saturated heterocycles. The Labute approximate surface area is 149 Å². The van der Waals surface area contributed by atoms with E-state index in [0.29, 0.717) is 24.3 Å². The number of nitrogens with zero attached hydrogens (tertiary/aromatic N) is 2. The Morgan fingerprint density at radius 3 is 2.76 bits per heavy atom. The van der Waals surface area contributed by atoms with E-state index in [9.17, 15) is 4.79 Å². The predicted molar refractivity (Wildman–Crippen MR) is 97.1 cm³/mol. The maximum absolute atomic E-state index is 13.0. The highest BCUT2D eigenvalue weighted by atomic mass is 16.4. The number of aromatic nitrogens is 1. The monoisotopic (exact) mass is 338 g/mol. The van der Waals surface area contributed by atoms with Crippen LogP contribution in [0.4, 0.5) is 0 Å². The third-order valence-electron chi connectivity index (χ3n) is 5.80. The lowest BCUT2D eigenvalue weighted by molar-refractivity contribution is -0.136. The molecule has 0 spiro atoms. The van der Waals surface area contributed by atoms with Gasteiger partial charge < -0.3 is 9.32 Å². The van der Waals surface area contributed by atoms with Crippen LogP contribution in [-0.4, -0.2) is 28.4 Å². The molecule has 2 unspecified atom stereocenters. The molecule has 2 fully saturated rings. The Kier molecular flexibility index (Phi) is 4.60. The van der Waals surface area contributed by atoms with Crippen LogP contribution in [-0.2, 0) is 11.2 Å². The molecule has 1 aromatic heterocycles. The molecule has 0 radical (unpaired) electrons. The van der Waals surface area contributed by atoms with Crippen LogP contribution in [0.25, 0.3) is 11.5 Å². The SMILES string of the molecule is Cc1oc(-c2ccccc2)nc1CC(=O)N1CCCC2CCCCC21. The van der Waals surface area contributed by atoms with Gasteiger partial charge in [-0.05, 0) is 50.7 Å². The van der Waals surface area contributed by atoms with Crippen molar-refractivity contribution in [2.45, 2.75) is 57.9 Å². The fourth-order valence-electron chi connectivity index (χ4n) is 4.48. The second-order valence-electron chi connectivity index (χ2n) is 7.41. The van der Waals surface area contributed by atoms with Gasteiger partial charge in [-0.3, -0.25) is 4.79 Å². The lowest BCUT2D eigenvalue weighted by Crippen LogP contribution is -2.50. The summed E-state index contributed by atoms with van der Waals surface area (Å²) in [5.74, 6) is 2.29. The zero-order valence-electron chi connectivity index (χ0n) is 14.9. The van der Waals surface area contributed by atoms with Crippen molar-refractivity contribution in [3.05, 3.63) is 41.8 Å². The molecule has 1 amide bonds. The number of hydrogen-bond donors (Lipinski definition) is 0. The Morgan fingerprint density at radius 2 is 1.92 bits per heavy atom. The number of hydrogen-bond acceptors (Lipinski definition) is 3. The number of rotatable bonds is 3. The number of likely N-dealkylation sites (tertiary alicyclic amines) is 1. The smallest absolute Gasteiger partial charge is 0.228 e. The second-order valence-corrected chi connectivity index (χ2v) is 7.41. The van der Waals surface area contributed by atoms with Crippen molar-refractivity contribution in [2.24, 2.45) is 5.92 Å². The number of benzene rings is 1. The van der Waals surface area contributed by atoms with Crippen LogP contribution in [0, 0.1) is 12.8 Å². The number of fused-ring (bicyclic) bond motifs is 1. The molecule has 4 rings (SSSR count). The van der Waals surface area contributed by atoms with E-state index in [1.54, 1.807) is 0 Å². The molecule has 1 saturated carbocycles. The molecule has 2 atom stereocenters. The number of carbonyl (C=O) groups is 1. The fraction of sp³-hybridized carbons (Fsp3) is 0.524. The van der Waals surface area contributed by atoms with E-state index in [0.717, 1.165) is 30.0 Å². The standard InChI is InChI=1S/C21H26N2O2/c1-15-18(22-21(25-15)17-9-3-2-4-10-17)14-20(24)23-13-7-11-16-8-5-6-12-19(16)23/h2-4,9-10,16,19H,5-8,11-14H2,1H3. The summed E-state index contributed by atoms with van der Waals surface area (Å²) in [5, 5.41) is 0. The quantitative estimate of drug-likeness (QED) is 0.834. The largest absolute Gasteiger partial charge is 0.441 e. The first-order valence-corrected chi connectivity index (χ1v) is 9.53. The Morgan fingerprint density at radius 1 is 1.16 bits per heavy atom. The van der Waals surface area contributed by atoms with E-state index in [-0.39, 0.29) is 5.91 Å². The number of oxazole rings is 1. The van der Waals surface area contributed by atoms with Gasteiger partial charge in [0, 0.05) is 18.2 Å². The summed E-state index contributed by atoms with van der Waals surface area (Å²) in [6, 6.07) is 10.3. The molecule has 25 heavy (non-hydrogen) atoms. The maximum Gasteiger partial charge on any atom is 0.228 e. The highest BCUT2D eigenvalue weighted by Crippen LogP contribution is 2.35. The first kappa shape index (κ1) is 16.4. The van der Waals surface area contributed by atoms with Crippen molar-refractivity contribution in [3.8, 4) is 11.5 Å². The lowest BCUT2D eigenvalue weighted by Gasteiger charge is -2.44. The molecule has 2 heterocycles. The summed E-state index contributed by atoms with van der Waals surface area (Å²) in [6.45, 7) is 2.81. The summed E-state index contributed by atoms with van der Waals surface area (Å²) < 4.78 is 5.81. The summed E-state index contributed by atoms with van der Waals surface area (Å²) in [6.07, 6.45) is 7.82. The van der Waals surface area contributed by atoms with Gasteiger partial charge in [-0.25, -0.2) is 4.98 Å². The topological polar surface area (TPSA) is 46.3 Å². The number of carbonyl (C=O) groups excluding carboxylic acids is 1. The van der Waals surface area contributed by atoms with Crippen LogP contribution < -0.4 is 0 Å². The third kappa shape index (κ3) is 3.35. The van der Waals surface area contributed by atoms with Gasteiger partial charge in [0.05, 0.1) is 12.1 Å². The van der Waals surface area contributed by atoms with Crippen LogP contribution in [0.5, 0.6) is 0 Å². The summed E-state index contributed by atoms with van der Waals surface area (Å²) in [4.78, 5) is 19.7. The van der Waals surface area contributed by atoms with Crippen LogP contribution in [0.1, 0.15) is 50.0 Å². The van der Waals surface area contributed by atoms with Crippen molar-refractivity contribution in [1.29, 1.82) is 0 Å². The fourth-order valence-corrected chi connectivity index (χ4v) is 4.48. The Hall–Kier alpha value is -2.10. The number of aryl methyl sites for hydroxylation is 1. The summed E-state index contributed by atoms with van der Waals surface area (Å²) >= 11 is 0. The van der Waals surface area contributed by atoms with Gasteiger partial charge in [-0.15, -0.1) is 0 Å². The van der Waals surface area contributed by atoms with Crippen molar-refractivity contribution in [2.75, 3.05) is 6.54 Å². The maximum atomic E-state index is 13.0. The van der Waals surface area contributed by atoms with E-state index in [4.69, 9.17) is 4.42 Å². The van der Waals surface area contributed by atoms with E-state index in [1.807, 2.05) is 37.3 Å². The highest BCUT2D eigenvalue weighted by molar-refractivity contribution is 5.79. The van der Waals surface area contributed by atoms with Crippen LogP contribution in [0.2, 0.25) is 0 Å².